The third kappa shape index (κ3) is 4.43. The summed E-state index contributed by atoms with van der Waals surface area (Å²) in [6.07, 6.45) is 0.276. The number of carbonyl (C=O) groups is 2. The first-order valence-electron chi connectivity index (χ1n) is 6.84. The van der Waals surface area contributed by atoms with Crippen LogP contribution >= 0.6 is 0 Å². The number of phenols is 1. The van der Waals surface area contributed by atoms with Gasteiger partial charge in [-0.25, -0.2) is 0 Å². The van der Waals surface area contributed by atoms with E-state index >= 15 is 0 Å². The zero-order valence-corrected chi connectivity index (χ0v) is 11.9. The lowest BCUT2D eigenvalue weighted by atomic mass is 10.1. The molecule has 5 heteroatoms. The summed E-state index contributed by atoms with van der Waals surface area (Å²) in [6, 6.07) is 14.1. The van der Waals surface area contributed by atoms with Crippen molar-refractivity contribution in [3.05, 3.63) is 65.7 Å². The predicted molar refractivity (Wildman–Crippen MR) is 81.5 cm³/mol. The van der Waals surface area contributed by atoms with Crippen LogP contribution in [-0.2, 0) is 16.0 Å². The lowest BCUT2D eigenvalue weighted by Crippen LogP contribution is -2.35. The summed E-state index contributed by atoms with van der Waals surface area (Å²) in [7, 11) is 0. The highest BCUT2D eigenvalue weighted by Gasteiger charge is 2.17. The Morgan fingerprint density at radius 1 is 1.05 bits per heavy atom. The molecule has 1 atom stereocenters. The first-order valence-corrected chi connectivity index (χ1v) is 6.84. The zero-order valence-electron chi connectivity index (χ0n) is 11.9. The number of ketones is 1. The van der Waals surface area contributed by atoms with E-state index in [1.54, 1.807) is 42.5 Å². The largest absolute Gasteiger partial charge is 0.508 e. The van der Waals surface area contributed by atoms with Crippen LogP contribution in [0.25, 0.3) is 0 Å². The number of esters is 1. The maximum absolute atomic E-state index is 11.8. The third-order valence-corrected chi connectivity index (χ3v) is 3.14. The summed E-state index contributed by atoms with van der Waals surface area (Å²) in [5.74, 6) is -0.753. The summed E-state index contributed by atoms with van der Waals surface area (Å²) in [5.41, 5.74) is 7.05. The second-order valence-electron chi connectivity index (χ2n) is 4.87. The minimum absolute atomic E-state index is 0.147. The Hall–Kier alpha value is -2.66. The number of hydrogen-bond acceptors (Lipinski definition) is 5. The smallest absolute Gasteiger partial charge is 0.323 e. The Labute approximate surface area is 128 Å². The highest BCUT2D eigenvalue weighted by molar-refractivity contribution is 5.98. The number of nitrogens with two attached hydrogens (primary N) is 1. The molecule has 0 bridgehead atoms. The fraction of sp³-hybridized carbons (Fsp3) is 0.176. The third-order valence-electron chi connectivity index (χ3n) is 3.14. The van der Waals surface area contributed by atoms with E-state index in [4.69, 9.17) is 10.5 Å². The van der Waals surface area contributed by atoms with Gasteiger partial charge < -0.3 is 15.6 Å². The molecule has 0 spiro atoms. The van der Waals surface area contributed by atoms with Crippen molar-refractivity contribution >= 4 is 11.8 Å². The maximum atomic E-state index is 11.8. The van der Waals surface area contributed by atoms with Crippen LogP contribution in [0, 0.1) is 0 Å². The van der Waals surface area contributed by atoms with E-state index in [0.29, 0.717) is 5.56 Å². The van der Waals surface area contributed by atoms with Crippen molar-refractivity contribution in [2.45, 2.75) is 12.5 Å². The van der Waals surface area contributed by atoms with Gasteiger partial charge in [0.2, 0.25) is 0 Å². The summed E-state index contributed by atoms with van der Waals surface area (Å²) < 4.78 is 4.95. The topological polar surface area (TPSA) is 89.6 Å². The maximum Gasteiger partial charge on any atom is 0.323 e. The van der Waals surface area contributed by atoms with Crippen LogP contribution in [-0.4, -0.2) is 29.5 Å². The summed E-state index contributed by atoms with van der Waals surface area (Å²) in [4.78, 5) is 23.6. The SMILES string of the molecule is N[C@@H](Cc1ccc(O)cc1)C(=O)OCC(=O)c1ccccc1. The molecule has 3 N–H and O–H groups in total. The molecule has 114 valence electrons. The molecule has 0 aliphatic carbocycles. The lowest BCUT2D eigenvalue weighted by molar-refractivity contribution is -0.144. The predicted octanol–water partition coefficient (Wildman–Crippen LogP) is 1.69. The summed E-state index contributed by atoms with van der Waals surface area (Å²) in [6.45, 7) is -0.327. The molecule has 0 aromatic heterocycles. The van der Waals surface area contributed by atoms with Gasteiger partial charge in [-0.05, 0) is 24.1 Å². The van der Waals surface area contributed by atoms with E-state index in [1.165, 1.54) is 12.1 Å². The second-order valence-corrected chi connectivity index (χ2v) is 4.87. The molecule has 0 aliphatic rings. The number of aromatic hydroxyl groups is 1. The molecule has 5 nitrogen and oxygen atoms in total. The van der Waals surface area contributed by atoms with Gasteiger partial charge in [0, 0.05) is 5.56 Å². The van der Waals surface area contributed by atoms with Gasteiger partial charge in [-0.15, -0.1) is 0 Å². The van der Waals surface area contributed by atoms with Crippen LogP contribution < -0.4 is 5.73 Å². The van der Waals surface area contributed by atoms with Crippen molar-refractivity contribution in [1.29, 1.82) is 0 Å². The van der Waals surface area contributed by atoms with E-state index in [1.807, 2.05) is 0 Å². The van der Waals surface area contributed by atoms with Crippen LogP contribution in [0.3, 0.4) is 0 Å². The number of benzene rings is 2. The number of hydrogen-bond donors (Lipinski definition) is 2. The van der Waals surface area contributed by atoms with Crippen LogP contribution in [0.1, 0.15) is 15.9 Å². The van der Waals surface area contributed by atoms with E-state index in [2.05, 4.69) is 0 Å². The molecule has 2 aromatic carbocycles. The molecule has 0 aliphatic heterocycles. The zero-order chi connectivity index (χ0) is 15.9. The van der Waals surface area contributed by atoms with Gasteiger partial charge in [-0.1, -0.05) is 42.5 Å². The standard InChI is InChI=1S/C17H17NO4/c18-15(10-12-6-8-14(19)9-7-12)17(21)22-11-16(20)13-4-2-1-3-5-13/h1-9,15,19H,10-11,18H2/t15-/m0/s1. The molecule has 0 radical (unpaired) electrons. The van der Waals surface area contributed by atoms with Crippen molar-refractivity contribution in [2.24, 2.45) is 5.73 Å². The number of carbonyl (C=O) groups excluding carboxylic acids is 2. The molecular formula is C17H17NO4. The molecule has 0 unspecified atom stereocenters. The molecule has 0 saturated heterocycles. The minimum Gasteiger partial charge on any atom is -0.508 e. The van der Waals surface area contributed by atoms with E-state index in [-0.39, 0.29) is 24.6 Å². The molecule has 0 fully saturated rings. The Morgan fingerprint density at radius 3 is 2.32 bits per heavy atom. The highest BCUT2D eigenvalue weighted by Crippen LogP contribution is 2.11. The highest BCUT2D eigenvalue weighted by atomic mass is 16.5. The molecule has 2 aromatic rings. The fourth-order valence-electron chi connectivity index (χ4n) is 1.92. The number of rotatable bonds is 6. The van der Waals surface area contributed by atoms with Crippen LogP contribution in [0.5, 0.6) is 5.75 Å². The minimum atomic E-state index is -0.854. The molecule has 2 rings (SSSR count). The van der Waals surface area contributed by atoms with Crippen LogP contribution in [0.2, 0.25) is 0 Å². The van der Waals surface area contributed by atoms with E-state index < -0.39 is 12.0 Å². The Morgan fingerprint density at radius 2 is 1.68 bits per heavy atom. The van der Waals surface area contributed by atoms with Crippen LogP contribution in [0.4, 0.5) is 0 Å². The van der Waals surface area contributed by atoms with Crippen molar-refractivity contribution in [2.75, 3.05) is 6.61 Å². The van der Waals surface area contributed by atoms with Crippen molar-refractivity contribution in [1.82, 2.24) is 0 Å². The number of Topliss-reactive ketones (excluding diaryl/α,β-unsaturated/α-hetero) is 1. The van der Waals surface area contributed by atoms with Gasteiger partial charge in [0.15, 0.2) is 12.4 Å². The first kappa shape index (κ1) is 15.7. The lowest BCUT2D eigenvalue weighted by Gasteiger charge is -2.11. The van der Waals surface area contributed by atoms with Crippen LogP contribution in [0.15, 0.2) is 54.6 Å². The van der Waals surface area contributed by atoms with Crippen molar-refractivity contribution in [3.63, 3.8) is 0 Å². The van der Waals surface area contributed by atoms with E-state index in [9.17, 15) is 14.7 Å². The normalized spacial score (nSPS) is 11.7. The number of phenolic OH excluding ortho intramolecular Hbond substituents is 1. The monoisotopic (exact) mass is 299 g/mol. The molecule has 0 amide bonds. The summed E-state index contributed by atoms with van der Waals surface area (Å²) in [5, 5.41) is 9.19. The van der Waals surface area contributed by atoms with E-state index in [0.717, 1.165) is 5.56 Å². The molecule has 0 saturated carbocycles. The average molecular weight is 299 g/mol. The molecule has 22 heavy (non-hydrogen) atoms. The molecule has 0 heterocycles. The van der Waals surface area contributed by atoms with Gasteiger partial charge in [0.05, 0.1) is 0 Å². The number of ether oxygens (including phenoxy) is 1. The van der Waals surface area contributed by atoms with Gasteiger partial charge in [-0.3, -0.25) is 9.59 Å². The average Bonchev–Trinajstić information content (AvgIpc) is 2.55. The Kier molecular flexibility index (Phi) is 5.27. The summed E-state index contributed by atoms with van der Waals surface area (Å²) >= 11 is 0. The van der Waals surface area contributed by atoms with Gasteiger partial charge in [0.1, 0.15) is 11.8 Å². The quantitative estimate of drug-likeness (QED) is 0.626. The Balaban J connectivity index is 1.84. The van der Waals surface area contributed by atoms with Gasteiger partial charge in [0.25, 0.3) is 0 Å². The second kappa shape index (κ2) is 7.38. The van der Waals surface area contributed by atoms with Crippen molar-refractivity contribution in [3.8, 4) is 5.75 Å². The fourth-order valence-corrected chi connectivity index (χ4v) is 1.92. The van der Waals surface area contributed by atoms with Crippen molar-refractivity contribution < 1.29 is 19.4 Å². The van der Waals surface area contributed by atoms with Gasteiger partial charge in [-0.2, -0.15) is 0 Å². The molecular weight excluding hydrogens is 282 g/mol. The first-order chi connectivity index (χ1) is 10.6. The van der Waals surface area contributed by atoms with Gasteiger partial charge >= 0.3 is 5.97 Å². The Bertz CT molecular complexity index is 637.